The van der Waals surface area contributed by atoms with E-state index in [9.17, 15) is 13.2 Å². The van der Waals surface area contributed by atoms with Crippen LogP contribution in [0.5, 0.6) is 5.75 Å². The number of ether oxygens (including phenoxy) is 1. The number of methoxy groups -OCH3 is 1. The van der Waals surface area contributed by atoms with Crippen molar-refractivity contribution in [2.24, 2.45) is 5.92 Å². The van der Waals surface area contributed by atoms with Gasteiger partial charge in [-0.1, -0.05) is 12.1 Å². The van der Waals surface area contributed by atoms with Crippen molar-refractivity contribution in [3.63, 3.8) is 0 Å². The first-order valence-electron chi connectivity index (χ1n) is 7.27. The monoisotopic (exact) mass is 326 g/mol. The van der Waals surface area contributed by atoms with Crippen molar-refractivity contribution >= 4 is 15.9 Å². The van der Waals surface area contributed by atoms with Gasteiger partial charge in [-0.3, -0.25) is 4.79 Å². The molecule has 1 amide bonds. The lowest BCUT2D eigenvalue weighted by molar-refractivity contribution is 0.0673. The largest absolute Gasteiger partial charge is 0.496 e. The highest BCUT2D eigenvalue weighted by Crippen LogP contribution is 2.23. The number of hydrogen-bond acceptors (Lipinski definition) is 4. The molecule has 0 saturated carbocycles. The number of likely N-dealkylation sites (tertiary alicyclic amines) is 1. The number of para-hydroxylation sites is 1. The van der Waals surface area contributed by atoms with Gasteiger partial charge in [-0.05, 0) is 30.9 Å². The predicted molar refractivity (Wildman–Crippen MR) is 84.5 cm³/mol. The van der Waals surface area contributed by atoms with Gasteiger partial charge in [0.2, 0.25) is 10.0 Å². The van der Waals surface area contributed by atoms with Crippen LogP contribution in [0, 0.1) is 5.92 Å². The van der Waals surface area contributed by atoms with E-state index in [0.29, 0.717) is 30.9 Å². The minimum Gasteiger partial charge on any atom is -0.496 e. The Morgan fingerprint density at radius 1 is 1.41 bits per heavy atom. The van der Waals surface area contributed by atoms with E-state index in [0.717, 1.165) is 19.1 Å². The number of nitrogens with one attached hydrogen (secondary N) is 1. The van der Waals surface area contributed by atoms with Gasteiger partial charge in [-0.25, -0.2) is 13.1 Å². The molecule has 1 atom stereocenters. The van der Waals surface area contributed by atoms with E-state index in [1.165, 1.54) is 0 Å². The Bertz CT molecular complexity index is 630. The van der Waals surface area contributed by atoms with Crippen LogP contribution in [0.25, 0.3) is 0 Å². The van der Waals surface area contributed by atoms with Crippen LogP contribution >= 0.6 is 0 Å². The van der Waals surface area contributed by atoms with Crippen LogP contribution in [0.4, 0.5) is 0 Å². The molecule has 1 aliphatic rings. The van der Waals surface area contributed by atoms with Crippen molar-refractivity contribution in [3.8, 4) is 5.75 Å². The lowest BCUT2D eigenvalue weighted by Gasteiger charge is -2.33. The lowest BCUT2D eigenvalue weighted by Crippen LogP contribution is -2.43. The van der Waals surface area contributed by atoms with E-state index in [2.05, 4.69) is 4.72 Å². The molecule has 2 rings (SSSR count). The van der Waals surface area contributed by atoms with Crippen molar-refractivity contribution in [2.75, 3.05) is 33.0 Å². The Morgan fingerprint density at radius 3 is 2.82 bits per heavy atom. The third kappa shape index (κ3) is 4.45. The van der Waals surface area contributed by atoms with E-state index in [4.69, 9.17) is 4.74 Å². The number of benzene rings is 1. The summed E-state index contributed by atoms with van der Waals surface area (Å²) in [6, 6.07) is 7.15. The van der Waals surface area contributed by atoms with Crippen LogP contribution in [-0.2, 0) is 10.0 Å². The molecule has 0 radical (unpaired) electrons. The quantitative estimate of drug-likeness (QED) is 0.879. The first-order chi connectivity index (χ1) is 10.4. The summed E-state index contributed by atoms with van der Waals surface area (Å²) in [6.45, 7) is 1.61. The Morgan fingerprint density at radius 2 is 2.14 bits per heavy atom. The van der Waals surface area contributed by atoms with E-state index in [1.807, 2.05) is 12.1 Å². The maximum atomic E-state index is 12.6. The van der Waals surface area contributed by atoms with E-state index < -0.39 is 10.0 Å². The lowest BCUT2D eigenvalue weighted by atomic mass is 9.97. The van der Waals surface area contributed by atoms with E-state index in [1.54, 1.807) is 24.1 Å². The summed E-state index contributed by atoms with van der Waals surface area (Å²) >= 11 is 0. The average molecular weight is 326 g/mol. The summed E-state index contributed by atoms with van der Waals surface area (Å²) in [5.74, 6) is 0.632. The number of carbonyl (C=O) groups is 1. The molecule has 1 fully saturated rings. The summed E-state index contributed by atoms with van der Waals surface area (Å²) in [6.07, 6.45) is 2.93. The van der Waals surface area contributed by atoms with Crippen molar-refractivity contribution in [3.05, 3.63) is 29.8 Å². The molecule has 0 aromatic heterocycles. The minimum atomic E-state index is -3.20. The maximum Gasteiger partial charge on any atom is 0.257 e. The second-order valence-corrected chi connectivity index (χ2v) is 7.41. The van der Waals surface area contributed by atoms with Gasteiger partial charge in [0.25, 0.3) is 5.91 Å². The molecule has 1 aromatic carbocycles. The summed E-state index contributed by atoms with van der Waals surface area (Å²) in [4.78, 5) is 14.4. The summed E-state index contributed by atoms with van der Waals surface area (Å²) in [7, 11) is -1.65. The summed E-state index contributed by atoms with van der Waals surface area (Å²) in [5, 5.41) is 0. The second kappa shape index (κ2) is 7.11. The molecule has 1 heterocycles. The van der Waals surface area contributed by atoms with Gasteiger partial charge in [0.1, 0.15) is 5.75 Å². The molecule has 122 valence electrons. The maximum absolute atomic E-state index is 12.6. The van der Waals surface area contributed by atoms with Gasteiger partial charge in [0.05, 0.1) is 18.9 Å². The molecule has 0 spiro atoms. The topological polar surface area (TPSA) is 75.7 Å². The molecule has 1 aromatic rings. The Hall–Kier alpha value is -1.60. The van der Waals surface area contributed by atoms with Crippen LogP contribution in [0.2, 0.25) is 0 Å². The molecule has 1 saturated heterocycles. The fraction of sp³-hybridized carbons (Fsp3) is 0.533. The fourth-order valence-corrected chi connectivity index (χ4v) is 3.22. The third-order valence-corrected chi connectivity index (χ3v) is 4.47. The molecule has 7 heteroatoms. The van der Waals surface area contributed by atoms with Gasteiger partial charge in [0.15, 0.2) is 0 Å². The Balaban J connectivity index is 2.04. The van der Waals surface area contributed by atoms with E-state index >= 15 is 0 Å². The number of piperidine rings is 1. The van der Waals surface area contributed by atoms with Crippen LogP contribution in [0.15, 0.2) is 24.3 Å². The molecule has 1 aliphatic heterocycles. The van der Waals surface area contributed by atoms with Crippen LogP contribution in [-0.4, -0.2) is 52.2 Å². The number of hydrogen-bond donors (Lipinski definition) is 1. The highest BCUT2D eigenvalue weighted by atomic mass is 32.2. The number of rotatable bonds is 5. The van der Waals surface area contributed by atoms with E-state index in [-0.39, 0.29) is 11.8 Å². The predicted octanol–water partition coefficient (Wildman–Crippen LogP) is 1.10. The first-order valence-corrected chi connectivity index (χ1v) is 9.17. The zero-order valence-corrected chi connectivity index (χ0v) is 13.7. The van der Waals surface area contributed by atoms with Gasteiger partial charge in [-0.15, -0.1) is 0 Å². The highest BCUT2D eigenvalue weighted by Gasteiger charge is 2.26. The zero-order chi connectivity index (χ0) is 16.2. The Kier molecular flexibility index (Phi) is 5.42. The van der Waals surface area contributed by atoms with Crippen molar-refractivity contribution in [2.45, 2.75) is 12.8 Å². The number of sulfonamides is 1. The van der Waals surface area contributed by atoms with Gasteiger partial charge < -0.3 is 9.64 Å². The summed E-state index contributed by atoms with van der Waals surface area (Å²) in [5.41, 5.74) is 0.543. The number of carbonyl (C=O) groups excluding carboxylic acids is 1. The highest BCUT2D eigenvalue weighted by molar-refractivity contribution is 7.88. The van der Waals surface area contributed by atoms with Crippen molar-refractivity contribution in [1.82, 2.24) is 9.62 Å². The van der Waals surface area contributed by atoms with Crippen molar-refractivity contribution < 1.29 is 17.9 Å². The van der Waals surface area contributed by atoms with Gasteiger partial charge >= 0.3 is 0 Å². The van der Waals surface area contributed by atoms with Gasteiger partial charge in [0, 0.05) is 19.6 Å². The molecule has 22 heavy (non-hydrogen) atoms. The molecule has 0 aliphatic carbocycles. The molecule has 0 bridgehead atoms. The zero-order valence-electron chi connectivity index (χ0n) is 12.9. The number of amides is 1. The molecular formula is C15H22N2O4S. The second-order valence-electron chi connectivity index (χ2n) is 5.58. The SMILES string of the molecule is COc1ccccc1C(=O)N1CCCC(CNS(C)(=O)=O)C1. The molecular weight excluding hydrogens is 304 g/mol. The third-order valence-electron chi connectivity index (χ3n) is 3.78. The van der Waals surface area contributed by atoms with Crippen molar-refractivity contribution in [1.29, 1.82) is 0 Å². The van der Waals surface area contributed by atoms with Crippen LogP contribution in [0.1, 0.15) is 23.2 Å². The molecule has 1 N–H and O–H groups in total. The molecule has 6 nitrogen and oxygen atoms in total. The minimum absolute atomic E-state index is 0.0681. The standard InChI is InChI=1S/C15H22N2O4S/c1-21-14-8-4-3-7-13(14)15(18)17-9-5-6-12(11-17)10-16-22(2,19)20/h3-4,7-8,12,16H,5-6,9-11H2,1-2H3. The smallest absolute Gasteiger partial charge is 0.257 e. The Labute approximate surface area is 131 Å². The summed E-state index contributed by atoms with van der Waals surface area (Å²) < 4.78 is 30.1. The fourth-order valence-electron chi connectivity index (χ4n) is 2.68. The first kappa shape index (κ1) is 16.8. The average Bonchev–Trinajstić information content (AvgIpc) is 2.52. The van der Waals surface area contributed by atoms with Gasteiger partial charge in [-0.2, -0.15) is 0 Å². The van der Waals surface area contributed by atoms with Crippen LogP contribution in [0.3, 0.4) is 0 Å². The normalized spacial score (nSPS) is 19.0. The number of nitrogens with zero attached hydrogens (tertiary/aromatic N) is 1. The van der Waals surface area contributed by atoms with Crippen LogP contribution < -0.4 is 9.46 Å². The molecule has 1 unspecified atom stereocenters.